The predicted octanol–water partition coefficient (Wildman–Crippen LogP) is 3.50. The van der Waals surface area contributed by atoms with Crippen LogP contribution >= 0.6 is 23.2 Å². The molecule has 2 N–H and O–H groups in total. The molecule has 1 atom stereocenters. The van der Waals surface area contributed by atoms with Crippen LogP contribution in [0.3, 0.4) is 0 Å². The van der Waals surface area contributed by atoms with Crippen LogP contribution in [0.15, 0.2) is 47.6 Å². The maximum absolute atomic E-state index is 6.28. The van der Waals surface area contributed by atoms with E-state index in [0.29, 0.717) is 29.1 Å². The van der Waals surface area contributed by atoms with Gasteiger partial charge in [0.05, 0.1) is 6.54 Å². The van der Waals surface area contributed by atoms with Gasteiger partial charge in [-0.2, -0.15) is 0 Å². The summed E-state index contributed by atoms with van der Waals surface area (Å²) >= 11 is 12.6. The number of aliphatic imine (C=N–C) groups is 1. The number of rotatable bonds is 5. The fourth-order valence-electron chi connectivity index (χ4n) is 2.73. The minimum Gasteiger partial charge on any atom is -0.356 e. The monoisotopic (exact) mass is 390 g/mol. The van der Waals surface area contributed by atoms with Crippen molar-refractivity contribution in [1.82, 2.24) is 25.2 Å². The van der Waals surface area contributed by atoms with Gasteiger partial charge < -0.3 is 10.6 Å². The summed E-state index contributed by atoms with van der Waals surface area (Å²) in [5.74, 6) is 1.61. The normalized spacial score (nSPS) is 13.0. The van der Waals surface area contributed by atoms with E-state index in [1.807, 2.05) is 47.0 Å². The van der Waals surface area contributed by atoms with Gasteiger partial charge in [-0.25, -0.2) is 0 Å². The lowest BCUT2D eigenvalue weighted by molar-refractivity contribution is 0.692. The lowest BCUT2D eigenvalue weighted by Gasteiger charge is -2.18. The zero-order valence-electron chi connectivity index (χ0n) is 14.6. The van der Waals surface area contributed by atoms with E-state index in [1.165, 1.54) is 0 Å². The number of pyridine rings is 1. The fourth-order valence-corrected chi connectivity index (χ4v) is 3.50. The van der Waals surface area contributed by atoms with Crippen molar-refractivity contribution < 1.29 is 0 Å². The largest absolute Gasteiger partial charge is 0.356 e. The number of benzene rings is 1. The van der Waals surface area contributed by atoms with Gasteiger partial charge in [0.15, 0.2) is 17.4 Å². The highest BCUT2D eigenvalue weighted by Gasteiger charge is 2.14. The Hall–Kier alpha value is -2.31. The van der Waals surface area contributed by atoms with Crippen molar-refractivity contribution in [1.29, 1.82) is 0 Å². The Balaban J connectivity index is 1.60. The van der Waals surface area contributed by atoms with Gasteiger partial charge in [-0.1, -0.05) is 42.3 Å². The molecule has 3 rings (SSSR count). The van der Waals surface area contributed by atoms with Crippen LogP contribution in [-0.4, -0.2) is 34.2 Å². The second kappa shape index (κ2) is 8.38. The SMILES string of the molecule is CN=C(NCc1nnc2ccccn12)NCC(C)c1c(Cl)cccc1Cl. The maximum Gasteiger partial charge on any atom is 0.191 e. The molecule has 8 heteroatoms. The smallest absolute Gasteiger partial charge is 0.191 e. The van der Waals surface area contributed by atoms with Crippen molar-refractivity contribution in [2.45, 2.75) is 19.4 Å². The van der Waals surface area contributed by atoms with E-state index in [-0.39, 0.29) is 5.92 Å². The first-order valence-corrected chi connectivity index (χ1v) is 9.02. The quantitative estimate of drug-likeness (QED) is 0.516. The molecule has 6 nitrogen and oxygen atoms in total. The second-order valence-electron chi connectivity index (χ2n) is 5.89. The first kappa shape index (κ1) is 18.5. The first-order valence-electron chi connectivity index (χ1n) is 8.27. The van der Waals surface area contributed by atoms with Gasteiger partial charge in [-0.05, 0) is 29.8 Å². The Bertz CT molecular complexity index is 901. The summed E-state index contributed by atoms with van der Waals surface area (Å²) in [5.41, 5.74) is 1.75. The van der Waals surface area contributed by atoms with Crippen LogP contribution in [-0.2, 0) is 6.54 Å². The molecule has 0 aliphatic rings. The van der Waals surface area contributed by atoms with Crippen LogP contribution in [0.1, 0.15) is 24.2 Å². The van der Waals surface area contributed by atoms with Crippen LogP contribution in [0.2, 0.25) is 10.0 Å². The summed E-state index contributed by atoms with van der Waals surface area (Å²) in [4.78, 5) is 4.25. The number of aromatic nitrogens is 3. The van der Waals surface area contributed by atoms with Crippen molar-refractivity contribution >= 4 is 34.8 Å². The van der Waals surface area contributed by atoms with Gasteiger partial charge in [0, 0.05) is 35.8 Å². The zero-order valence-corrected chi connectivity index (χ0v) is 16.1. The number of fused-ring (bicyclic) bond motifs is 1. The lowest BCUT2D eigenvalue weighted by atomic mass is 10.0. The molecule has 0 aliphatic carbocycles. The van der Waals surface area contributed by atoms with E-state index in [1.54, 1.807) is 7.05 Å². The number of hydrogen-bond donors (Lipinski definition) is 2. The standard InChI is InChI=1S/C18H20Cl2N6/c1-12(17-13(19)6-5-7-14(17)20)10-22-18(21-2)23-11-16-25-24-15-8-3-4-9-26(15)16/h3-9,12H,10-11H2,1-2H3,(H2,21,22,23). The molecule has 1 aromatic carbocycles. The van der Waals surface area contributed by atoms with E-state index in [4.69, 9.17) is 23.2 Å². The lowest BCUT2D eigenvalue weighted by Crippen LogP contribution is -2.39. The molecule has 0 saturated heterocycles. The van der Waals surface area contributed by atoms with Gasteiger partial charge in [-0.15, -0.1) is 10.2 Å². The van der Waals surface area contributed by atoms with Gasteiger partial charge >= 0.3 is 0 Å². The summed E-state index contributed by atoms with van der Waals surface area (Å²) in [6.45, 7) is 3.22. The van der Waals surface area contributed by atoms with Crippen LogP contribution in [0, 0.1) is 0 Å². The summed E-state index contributed by atoms with van der Waals surface area (Å²) in [5, 5.41) is 16.2. The van der Waals surface area contributed by atoms with Gasteiger partial charge in [0.25, 0.3) is 0 Å². The van der Waals surface area contributed by atoms with Gasteiger partial charge in [-0.3, -0.25) is 9.39 Å². The van der Waals surface area contributed by atoms with Crippen molar-refractivity contribution in [3.8, 4) is 0 Å². The summed E-state index contributed by atoms with van der Waals surface area (Å²) in [7, 11) is 1.73. The Morgan fingerprint density at radius 1 is 1.12 bits per heavy atom. The van der Waals surface area contributed by atoms with E-state index >= 15 is 0 Å². The van der Waals surface area contributed by atoms with E-state index in [2.05, 4.69) is 32.7 Å². The highest BCUT2D eigenvalue weighted by Crippen LogP contribution is 2.30. The Kier molecular flexibility index (Phi) is 5.96. The van der Waals surface area contributed by atoms with Crippen molar-refractivity contribution in [2.24, 2.45) is 4.99 Å². The minimum atomic E-state index is 0.128. The summed E-state index contributed by atoms with van der Waals surface area (Å²) in [6.07, 6.45) is 1.93. The molecule has 0 amide bonds. The Morgan fingerprint density at radius 2 is 1.88 bits per heavy atom. The third kappa shape index (κ3) is 4.08. The molecular weight excluding hydrogens is 371 g/mol. The highest BCUT2D eigenvalue weighted by molar-refractivity contribution is 6.36. The number of guanidine groups is 1. The van der Waals surface area contributed by atoms with Gasteiger partial charge in [0.1, 0.15) is 0 Å². The minimum absolute atomic E-state index is 0.128. The topological polar surface area (TPSA) is 66.6 Å². The molecule has 2 heterocycles. The van der Waals surface area contributed by atoms with Crippen molar-refractivity contribution in [3.05, 3.63) is 64.0 Å². The average molecular weight is 391 g/mol. The van der Waals surface area contributed by atoms with Crippen LogP contribution in [0.5, 0.6) is 0 Å². The molecule has 0 saturated carbocycles. The molecule has 0 fully saturated rings. The molecular formula is C18H20Cl2N6. The van der Waals surface area contributed by atoms with Crippen LogP contribution in [0.4, 0.5) is 0 Å². The molecule has 0 bridgehead atoms. The maximum atomic E-state index is 6.28. The van der Waals surface area contributed by atoms with Crippen LogP contribution < -0.4 is 10.6 Å². The molecule has 3 aromatic rings. The van der Waals surface area contributed by atoms with E-state index in [0.717, 1.165) is 17.0 Å². The van der Waals surface area contributed by atoms with E-state index < -0.39 is 0 Å². The Labute approximate surface area is 162 Å². The predicted molar refractivity (Wildman–Crippen MR) is 106 cm³/mol. The average Bonchev–Trinajstić information content (AvgIpc) is 3.05. The van der Waals surface area contributed by atoms with Crippen molar-refractivity contribution in [2.75, 3.05) is 13.6 Å². The molecule has 0 aliphatic heterocycles. The molecule has 26 heavy (non-hydrogen) atoms. The van der Waals surface area contributed by atoms with Crippen LogP contribution in [0.25, 0.3) is 5.65 Å². The number of nitrogens with zero attached hydrogens (tertiary/aromatic N) is 4. The fraction of sp³-hybridized carbons (Fsp3) is 0.278. The zero-order chi connectivity index (χ0) is 18.5. The second-order valence-corrected chi connectivity index (χ2v) is 6.70. The third-order valence-electron chi connectivity index (χ3n) is 4.09. The van der Waals surface area contributed by atoms with Crippen molar-refractivity contribution in [3.63, 3.8) is 0 Å². The number of nitrogens with one attached hydrogen (secondary N) is 2. The Morgan fingerprint density at radius 3 is 2.62 bits per heavy atom. The van der Waals surface area contributed by atoms with E-state index in [9.17, 15) is 0 Å². The highest BCUT2D eigenvalue weighted by atomic mass is 35.5. The third-order valence-corrected chi connectivity index (χ3v) is 4.75. The molecule has 0 spiro atoms. The number of hydrogen-bond acceptors (Lipinski definition) is 3. The molecule has 1 unspecified atom stereocenters. The molecule has 0 radical (unpaired) electrons. The summed E-state index contributed by atoms with van der Waals surface area (Å²) < 4.78 is 1.94. The molecule has 2 aromatic heterocycles. The summed E-state index contributed by atoms with van der Waals surface area (Å²) in [6, 6.07) is 11.3. The van der Waals surface area contributed by atoms with Gasteiger partial charge in [0.2, 0.25) is 0 Å². The first-order chi connectivity index (χ1) is 12.6. The molecule has 136 valence electrons. The number of halogens is 2.